The molecule has 0 saturated heterocycles. The summed E-state index contributed by atoms with van der Waals surface area (Å²) in [5, 5.41) is 0. The molecule has 0 N–H and O–H groups in total. The zero-order valence-electron chi connectivity index (χ0n) is 13.7. The highest BCUT2D eigenvalue weighted by Gasteiger charge is 2.32. The van der Waals surface area contributed by atoms with Gasteiger partial charge in [-0.2, -0.15) is 0 Å². The lowest BCUT2D eigenvalue weighted by molar-refractivity contribution is -0.152. The Morgan fingerprint density at radius 3 is 2.05 bits per heavy atom. The third-order valence-electron chi connectivity index (χ3n) is 3.10. The maximum absolute atomic E-state index is 12.3. The summed E-state index contributed by atoms with van der Waals surface area (Å²) < 4.78 is 4.76. The van der Waals surface area contributed by atoms with Crippen LogP contribution in [0.4, 0.5) is 0 Å². The molecule has 0 saturated carbocycles. The molecular weight excluding hydrogens is 369 g/mol. The van der Waals surface area contributed by atoms with E-state index in [2.05, 4.69) is 43.4 Å². The summed E-state index contributed by atoms with van der Waals surface area (Å²) in [4.78, 5) is 25.7. The Hall–Kier alpha value is -0.330. The summed E-state index contributed by atoms with van der Waals surface area (Å²) in [6, 6.07) is -0.514. The Kier molecular flexibility index (Phi) is 7.49. The van der Waals surface area contributed by atoms with E-state index in [0.717, 1.165) is 6.42 Å². The van der Waals surface area contributed by atoms with E-state index >= 15 is 0 Å². The molecule has 0 unspecified atom stereocenters. The monoisotopic (exact) mass is 397 g/mol. The average molecular weight is 397 g/mol. The number of hydrogen-bond acceptors (Lipinski definition) is 3. The maximum atomic E-state index is 12.3. The molecule has 5 heteroatoms. The van der Waals surface area contributed by atoms with Crippen molar-refractivity contribution in [1.29, 1.82) is 0 Å². The second-order valence-electron chi connectivity index (χ2n) is 7.03. The zero-order valence-corrected chi connectivity index (χ0v) is 15.9. The second-order valence-corrected chi connectivity index (χ2v) is 9.95. The zero-order chi connectivity index (χ0) is 16.1. The smallest absolute Gasteiger partial charge is 0.328 e. The van der Waals surface area contributed by atoms with Gasteiger partial charge in [0.15, 0.2) is 0 Å². The van der Waals surface area contributed by atoms with Crippen molar-refractivity contribution in [3.05, 3.63) is 0 Å². The highest BCUT2D eigenvalue weighted by atomic mass is 127. The van der Waals surface area contributed by atoms with Crippen LogP contribution in [0, 0.1) is 5.41 Å². The van der Waals surface area contributed by atoms with Gasteiger partial charge in [-0.3, -0.25) is 4.79 Å². The highest BCUT2D eigenvalue weighted by Crippen LogP contribution is 2.27. The van der Waals surface area contributed by atoms with Crippen molar-refractivity contribution in [2.45, 2.75) is 63.3 Å². The van der Waals surface area contributed by atoms with Crippen molar-refractivity contribution in [2.24, 2.45) is 5.41 Å². The predicted octanol–water partition coefficient (Wildman–Crippen LogP) is 3.42. The van der Waals surface area contributed by atoms with E-state index in [1.165, 1.54) is 12.0 Å². The third kappa shape index (κ3) is 8.07. The number of likely N-dealkylation sites (N-methyl/N-ethyl adjacent to an activating group) is 1. The van der Waals surface area contributed by atoms with Crippen LogP contribution in [0.25, 0.3) is 0 Å². The number of esters is 1. The van der Waals surface area contributed by atoms with Crippen LogP contribution in [0.5, 0.6) is 0 Å². The van der Waals surface area contributed by atoms with Gasteiger partial charge >= 0.3 is 5.97 Å². The fourth-order valence-electron chi connectivity index (χ4n) is 1.81. The van der Waals surface area contributed by atoms with E-state index in [0.29, 0.717) is 12.8 Å². The van der Waals surface area contributed by atoms with Gasteiger partial charge in [0.1, 0.15) is 6.04 Å². The van der Waals surface area contributed by atoms with E-state index in [4.69, 9.17) is 4.74 Å². The third-order valence-corrected chi connectivity index (χ3v) is 3.54. The molecule has 0 rings (SSSR count). The van der Waals surface area contributed by atoms with Crippen LogP contribution in [0.3, 0.4) is 0 Å². The van der Waals surface area contributed by atoms with Gasteiger partial charge in [-0.05, 0) is 18.3 Å². The van der Waals surface area contributed by atoms with Crippen molar-refractivity contribution < 1.29 is 14.3 Å². The van der Waals surface area contributed by atoms with Crippen LogP contribution >= 0.6 is 22.6 Å². The summed E-state index contributed by atoms with van der Waals surface area (Å²) >= 11 is 2.29. The Labute approximate surface area is 136 Å². The molecule has 118 valence electrons. The Morgan fingerprint density at radius 1 is 1.20 bits per heavy atom. The normalized spacial score (nSPS) is 13.8. The van der Waals surface area contributed by atoms with E-state index in [1.807, 2.05) is 13.8 Å². The Balaban J connectivity index is 4.82. The fraction of sp³-hybridized carbons (Fsp3) is 0.867. The van der Waals surface area contributed by atoms with Crippen molar-refractivity contribution in [2.75, 3.05) is 14.2 Å². The molecule has 1 atom stereocenters. The summed E-state index contributed by atoms with van der Waals surface area (Å²) in [7, 11) is 3.05. The molecule has 0 aliphatic heterocycles. The van der Waals surface area contributed by atoms with Gasteiger partial charge in [-0.15, -0.1) is 0 Å². The first-order valence-corrected chi connectivity index (χ1v) is 7.97. The van der Waals surface area contributed by atoms with E-state index in [1.54, 1.807) is 7.05 Å². The molecule has 0 aliphatic rings. The van der Waals surface area contributed by atoms with E-state index in [-0.39, 0.29) is 20.7 Å². The van der Waals surface area contributed by atoms with Gasteiger partial charge in [0.05, 0.1) is 7.11 Å². The lowest BCUT2D eigenvalue weighted by atomic mass is 9.90. The van der Waals surface area contributed by atoms with Gasteiger partial charge in [0.25, 0.3) is 0 Å². The number of amides is 1. The molecule has 0 aromatic carbocycles. The fourth-order valence-corrected chi connectivity index (χ4v) is 2.22. The number of carbonyl (C=O) groups is 2. The van der Waals surface area contributed by atoms with Crippen molar-refractivity contribution in [1.82, 2.24) is 4.90 Å². The summed E-state index contributed by atoms with van der Waals surface area (Å²) in [5.41, 5.74) is 0.111. The number of carbonyl (C=O) groups excluding carboxylic acids is 2. The van der Waals surface area contributed by atoms with E-state index < -0.39 is 6.04 Å². The molecule has 0 heterocycles. The van der Waals surface area contributed by atoms with Crippen LogP contribution in [-0.4, -0.2) is 40.4 Å². The summed E-state index contributed by atoms with van der Waals surface area (Å²) in [5.74, 6) is -0.350. The van der Waals surface area contributed by atoms with Crippen LogP contribution in [0.2, 0.25) is 0 Å². The molecule has 0 spiro atoms. The molecule has 0 bridgehead atoms. The number of hydrogen-bond donors (Lipinski definition) is 0. The molecule has 0 aliphatic carbocycles. The van der Waals surface area contributed by atoms with Crippen LogP contribution < -0.4 is 0 Å². The molecule has 1 amide bonds. The predicted molar refractivity (Wildman–Crippen MR) is 90.0 cm³/mol. The summed E-state index contributed by atoms with van der Waals surface area (Å²) in [6.45, 7) is 10.4. The first kappa shape index (κ1) is 19.7. The topological polar surface area (TPSA) is 46.6 Å². The number of rotatable bonds is 6. The first-order chi connectivity index (χ1) is 8.87. The number of alkyl halides is 1. The van der Waals surface area contributed by atoms with Crippen LogP contribution in [-0.2, 0) is 14.3 Å². The lowest BCUT2D eigenvalue weighted by Crippen LogP contribution is -2.45. The molecule has 0 aromatic rings. The van der Waals surface area contributed by atoms with Gasteiger partial charge in [-0.25, -0.2) is 4.79 Å². The van der Waals surface area contributed by atoms with Crippen molar-refractivity contribution in [3.8, 4) is 0 Å². The second kappa shape index (κ2) is 7.61. The SMILES string of the molecule is COC(=O)[C@H](CC(C)(C)I)N(C)C(=O)CCC(C)(C)C. The molecule has 0 radical (unpaired) electrons. The highest BCUT2D eigenvalue weighted by molar-refractivity contribution is 14.1. The quantitative estimate of drug-likeness (QED) is 0.392. The van der Waals surface area contributed by atoms with Crippen LogP contribution in [0.15, 0.2) is 0 Å². The molecule has 0 fully saturated rings. The number of nitrogens with zero attached hydrogens (tertiary/aromatic N) is 1. The summed E-state index contributed by atoms with van der Waals surface area (Å²) in [6.07, 6.45) is 1.84. The molecule has 0 aromatic heterocycles. The number of methoxy groups -OCH3 is 1. The van der Waals surface area contributed by atoms with Gasteiger partial charge in [-0.1, -0.05) is 57.2 Å². The molecular formula is C15H28INO3. The van der Waals surface area contributed by atoms with Gasteiger partial charge < -0.3 is 9.64 Å². The standard InChI is InChI=1S/C15H28INO3/c1-14(2,3)9-8-12(18)17(6)11(13(19)20-7)10-15(4,5)16/h11H,8-10H2,1-7H3/t11-/m0/s1. The lowest BCUT2D eigenvalue weighted by Gasteiger charge is -2.31. The number of halogens is 1. The maximum Gasteiger partial charge on any atom is 0.328 e. The number of ether oxygens (including phenoxy) is 1. The van der Waals surface area contributed by atoms with E-state index in [9.17, 15) is 9.59 Å². The molecule has 20 heavy (non-hydrogen) atoms. The Bertz CT molecular complexity index is 342. The van der Waals surface area contributed by atoms with Gasteiger partial charge in [0.2, 0.25) is 5.91 Å². The van der Waals surface area contributed by atoms with Crippen molar-refractivity contribution in [3.63, 3.8) is 0 Å². The van der Waals surface area contributed by atoms with Gasteiger partial charge in [0, 0.05) is 16.9 Å². The minimum atomic E-state index is -0.514. The first-order valence-electron chi connectivity index (χ1n) is 6.90. The van der Waals surface area contributed by atoms with Crippen molar-refractivity contribution >= 4 is 34.5 Å². The largest absolute Gasteiger partial charge is 0.467 e. The Morgan fingerprint density at radius 2 is 1.70 bits per heavy atom. The van der Waals surface area contributed by atoms with Crippen LogP contribution in [0.1, 0.15) is 53.9 Å². The minimum absolute atomic E-state index is 0.00373. The molecule has 4 nitrogen and oxygen atoms in total. The minimum Gasteiger partial charge on any atom is -0.467 e. The average Bonchev–Trinajstić information content (AvgIpc) is 2.29.